The summed E-state index contributed by atoms with van der Waals surface area (Å²) in [7, 11) is 1.55. The second-order valence-electron chi connectivity index (χ2n) is 8.52. The monoisotopic (exact) mass is 460 g/mol. The molecular weight excluding hydrogens is 432 g/mol. The fourth-order valence-corrected chi connectivity index (χ4v) is 4.38. The largest absolute Gasteiger partial charge is 0.493 e. The minimum atomic E-state index is -1.26. The van der Waals surface area contributed by atoms with Crippen molar-refractivity contribution in [2.75, 3.05) is 13.7 Å². The number of hydrogen-bond acceptors (Lipinski definition) is 6. The molecule has 0 saturated heterocycles. The maximum absolute atomic E-state index is 13.2. The van der Waals surface area contributed by atoms with Crippen molar-refractivity contribution in [3.63, 3.8) is 0 Å². The highest BCUT2D eigenvalue weighted by Crippen LogP contribution is 2.32. The van der Waals surface area contributed by atoms with Crippen LogP contribution in [0.5, 0.6) is 11.5 Å². The fraction of sp³-hybridized carbons (Fsp3) is 0.259. The van der Waals surface area contributed by atoms with Crippen LogP contribution in [0.1, 0.15) is 32.6 Å². The highest BCUT2D eigenvalue weighted by molar-refractivity contribution is 5.99. The van der Waals surface area contributed by atoms with Crippen molar-refractivity contribution in [2.45, 2.75) is 31.7 Å². The third-order valence-corrected chi connectivity index (χ3v) is 6.11. The molecule has 1 aliphatic rings. The Balaban J connectivity index is 1.50. The molecule has 0 aromatic heterocycles. The predicted molar refractivity (Wildman–Crippen MR) is 128 cm³/mol. The Kier molecular flexibility index (Phi) is 6.84. The molecule has 3 aromatic rings. The van der Waals surface area contributed by atoms with Gasteiger partial charge in [-0.15, -0.1) is 0 Å². The number of methoxy groups -OCH3 is 1. The number of fused-ring (bicyclic) bond motifs is 1. The lowest BCUT2D eigenvalue weighted by Gasteiger charge is -2.27. The Bertz CT molecular complexity index is 1180. The van der Waals surface area contributed by atoms with Gasteiger partial charge in [0.25, 0.3) is 5.91 Å². The van der Waals surface area contributed by atoms with Gasteiger partial charge >= 0.3 is 5.97 Å². The van der Waals surface area contributed by atoms with Gasteiger partial charge < -0.3 is 19.6 Å². The number of benzene rings is 3. The fourth-order valence-electron chi connectivity index (χ4n) is 4.38. The van der Waals surface area contributed by atoms with Crippen LogP contribution in [0.4, 0.5) is 0 Å². The Morgan fingerprint density at radius 2 is 1.71 bits per heavy atom. The molecule has 0 fully saturated rings. The number of hydrogen-bond donors (Lipinski definition) is 2. The van der Waals surface area contributed by atoms with Gasteiger partial charge in [-0.25, -0.2) is 4.79 Å². The first-order chi connectivity index (χ1) is 16.4. The molecule has 0 radical (unpaired) electrons. The van der Waals surface area contributed by atoms with Gasteiger partial charge in [0.1, 0.15) is 5.54 Å². The molecule has 0 spiro atoms. The number of rotatable bonds is 8. The highest BCUT2D eigenvalue weighted by atomic mass is 16.7. The van der Waals surface area contributed by atoms with Crippen molar-refractivity contribution in [1.82, 2.24) is 5.32 Å². The second-order valence-corrected chi connectivity index (χ2v) is 8.52. The van der Waals surface area contributed by atoms with E-state index < -0.39 is 17.4 Å². The van der Waals surface area contributed by atoms with E-state index in [2.05, 4.69) is 16.2 Å². The van der Waals surface area contributed by atoms with E-state index in [9.17, 15) is 9.59 Å². The molecule has 1 amide bonds. The summed E-state index contributed by atoms with van der Waals surface area (Å²) in [5.41, 5.74) is 3.38. The van der Waals surface area contributed by atoms with Gasteiger partial charge in [0.05, 0.1) is 13.7 Å². The van der Waals surface area contributed by atoms with Crippen molar-refractivity contribution in [1.29, 1.82) is 0 Å². The van der Waals surface area contributed by atoms with Gasteiger partial charge in [-0.3, -0.25) is 4.79 Å². The zero-order valence-corrected chi connectivity index (χ0v) is 19.3. The quantitative estimate of drug-likeness (QED) is 0.501. The SMILES string of the molecule is COc1ccc(C(=O)NC2(C(=O)ON)Cc3ccccc3C2)cc1OCCc1cccc(C)c1. The van der Waals surface area contributed by atoms with E-state index in [-0.39, 0.29) is 0 Å². The second kappa shape index (κ2) is 9.97. The van der Waals surface area contributed by atoms with Gasteiger partial charge in [-0.2, -0.15) is 5.90 Å². The number of carbonyl (C=O) groups is 2. The normalized spacial score (nSPS) is 13.6. The van der Waals surface area contributed by atoms with E-state index in [1.165, 1.54) is 5.56 Å². The van der Waals surface area contributed by atoms with Crippen LogP contribution in [-0.4, -0.2) is 31.1 Å². The smallest absolute Gasteiger partial charge is 0.350 e. The average molecular weight is 461 g/mol. The molecule has 0 heterocycles. The van der Waals surface area contributed by atoms with E-state index in [0.717, 1.165) is 16.7 Å². The molecule has 34 heavy (non-hydrogen) atoms. The summed E-state index contributed by atoms with van der Waals surface area (Å²) < 4.78 is 11.4. The molecule has 0 aliphatic heterocycles. The van der Waals surface area contributed by atoms with Gasteiger partial charge in [-0.1, -0.05) is 54.1 Å². The van der Waals surface area contributed by atoms with E-state index in [4.69, 9.17) is 15.4 Å². The zero-order valence-electron chi connectivity index (χ0n) is 19.3. The van der Waals surface area contributed by atoms with Crippen molar-refractivity contribution in [3.8, 4) is 11.5 Å². The van der Waals surface area contributed by atoms with Crippen LogP contribution in [0.15, 0.2) is 66.7 Å². The van der Waals surface area contributed by atoms with Crippen LogP contribution in [0.2, 0.25) is 0 Å². The van der Waals surface area contributed by atoms with E-state index >= 15 is 0 Å². The van der Waals surface area contributed by atoms with Crippen LogP contribution in [-0.2, 0) is 28.9 Å². The zero-order chi connectivity index (χ0) is 24.1. The standard InChI is InChI=1S/C27H28N2O5/c1-18-6-5-7-19(14-18)12-13-33-24-15-20(10-11-23(24)32-2)25(30)29-27(26(31)34-28)16-21-8-3-4-9-22(21)17-27/h3-11,14-15H,12-13,16-17,28H2,1-2H3,(H,29,30). The summed E-state index contributed by atoms with van der Waals surface area (Å²) in [6, 6.07) is 20.8. The molecule has 0 atom stereocenters. The Morgan fingerprint density at radius 3 is 2.35 bits per heavy atom. The van der Waals surface area contributed by atoms with Crippen LogP contribution in [0, 0.1) is 6.92 Å². The molecule has 7 heteroatoms. The van der Waals surface area contributed by atoms with Gasteiger partial charge in [0.2, 0.25) is 0 Å². The minimum Gasteiger partial charge on any atom is -0.493 e. The number of aryl methyl sites for hydroxylation is 1. The summed E-state index contributed by atoms with van der Waals surface area (Å²) in [6.07, 6.45) is 1.33. The van der Waals surface area contributed by atoms with E-state index in [1.807, 2.05) is 49.4 Å². The molecule has 7 nitrogen and oxygen atoms in total. The minimum absolute atomic E-state index is 0.306. The number of amides is 1. The lowest BCUT2D eigenvalue weighted by molar-refractivity contribution is -0.151. The molecule has 0 unspecified atom stereocenters. The molecule has 3 aromatic carbocycles. The molecule has 1 aliphatic carbocycles. The highest BCUT2D eigenvalue weighted by Gasteiger charge is 2.46. The van der Waals surface area contributed by atoms with Gasteiger partial charge in [0, 0.05) is 24.8 Å². The third-order valence-electron chi connectivity index (χ3n) is 6.11. The number of carbonyl (C=O) groups excluding carboxylic acids is 2. The van der Waals surface area contributed by atoms with Crippen molar-refractivity contribution in [3.05, 3.63) is 94.5 Å². The Hall–Kier alpha value is -3.84. The summed E-state index contributed by atoms with van der Waals surface area (Å²) in [5, 5.41) is 2.87. The van der Waals surface area contributed by atoms with Crippen molar-refractivity contribution < 1.29 is 23.9 Å². The van der Waals surface area contributed by atoms with Crippen molar-refractivity contribution in [2.24, 2.45) is 5.90 Å². The van der Waals surface area contributed by atoms with Crippen molar-refractivity contribution >= 4 is 11.9 Å². The van der Waals surface area contributed by atoms with Crippen LogP contribution >= 0.6 is 0 Å². The molecule has 3 N–H and O–H groups in total. The Morgan fingerprint density at radius 1 is 0.971 bits per heavy atom. The molecule has 4 rings (SSSR count). The first kappa shape index (κ1) is 23.3. The number of nitrogens with two attached hydrogens (primary N) is 1. The van der Waals surface area contributed by atoms with Gasteiger partial charge in [-0.05, 0) is 41.8 Å². The average Bonchev–Trinajstić information content (AvgIpc) is 3.22. The maximum Gasteiger partial charge on any atom is 0.350 e. The summed E-state index contributed by atoms with van der Waals surface area (Å²) >= 11 is 0. The van der Waals surface area contributed by atoms with Crippen LogP contribution in [0.25, 0.3) is 0 Å². The summed E-state index contributed by atoms with van der Waals surface area (Å²) in [5.74, 6) is 5.09. The third kappa shape index (κ3) is 4.89. The molecule has 176 valence electrons. The molecular formula is C27H28N2O5. The summed E-state index contributed by atoms with van der Waals surface area (Å²) in [4.78, 5) is 30.4. The first-order valence-electron chi connectivity index (χ1n) is 11.1. The lowest BCUT2D eigenvalue weighted by atomic mass is 9.95. The molecule has 0 saturated carbocycles. The van der Waals surface area contributed by atoms with Gasteiger partial charge in [0.15, 0.2) is 11.5 Å². The van der Waals surface area contributed by atoms with E-state index in [1.54, 1.807) is 25.3 Å². The van der Waals surface area contributed by atoms with Crippen LogP contribution in [0.3, 0.4) is 0 Å². The predicted octanol–water partition coefficient (Wildman–Crippen LogP) is 3.31. The maximum atomic E-state index is 13.2. The lowest BCUT2D eigenvalue weighted by Crippen LogP contribution is -2.56. The van der Waals surface area contributed by atoms with E-state index in [0.29, 0.717) is 42.9 Å². The summed E-state index contributed by atoms with van der Waals surface area (Å²) in [6.45, 7) is 2.47. The topological polar surface area (TPSA) is 99.9 Å². The number of ether oxygens (including phenoxy) is 2. The first-order valence-corrected chi connectivity index (χ1v) is 11.1. The molecule has 0 bridgehead atoms. The number of nitrogens with one attached hydrogen (secondary N) is 1. The van der Waals surface area contributed by atoms with Crippen LogP contribution < -0.4 is 20.7 Å². The Labute approximate surface area is 198 Å².